The number of amides is 3. The van der Waals surface area contributed by atoms with Gasteiger partial charge >= 0.3 is 6.03 Å². The molecule has 2 fully saturated rings. The Hall–Kier alpha value is -1.14. The van der Waals surface area contributed by atoms with Gasteiger partial charge in [0.1, 0.15) is 5.54 Å². The Morgan fingerprint density at radius 1 is 0.730 bits per heavy atom. The fourth-order valence-electron chi connectivity index (χ4n) is 6.49. The molecule has 0 spiro atoms. The SMILES string of the molecule is CCCCCCCCCNC(C)N1C(=O)N(C(C)NCCCCCCCCC)C(C)(C2CCCC2)C1=O. The molecule has 3 amide bonds. The number of nitrogens with zero attached hydrogens (tertiary/aromatic N) is 2. The number of imide groups is 1. The molecule has 1 heterocycles. The number of hydrogen-bond donors (Lipinski definition) is 2. The van der Waals surface area contributed by atoms with Gasteiger partial charge in [0.05, 0.1) is 12.3 Å². The zero-order chi connectivity index (χ0) is 27.1. The summed E-state index contributed by atoms with van der Waals surface area (Å²) in [7, 11) is 0. The maximum absolute atomic E-state index is 13.9. The van der Waals surface area contributed by atoms with E-state index < -0.39 is 5.54 Å². The minimum Gasteiger partial charge on any atom is -0.297 e. The maximum atomic E-state index is 13.9. The lowest BCUT2D eigenvalue weighted by Gasteiger charge is -2.40. The first-order valence-electron chi connectivity index (χ1n) is 16.0. The van der Waals surface area contributed by atoms with E-state index in [1.165, 1.54) is 81.9 Å². The summed E-state index contributed by atoms with van der Waals surface area (Å²) in [5, 5.41) is 7.10. The normalized spacial score (nSPS) is 22.4. The highest BCUT2D eigenvalue weighted by atomic mass is 16.2. The molecule has 2 rings (SSSR count). The van der Waals surface area contributed by atoms with E-state index in [1.807, 2.05) is 18.7 Å². The standard InChI is InChI=1S/C31H60N4O2/c1-6-8-10-12-14-16-20-24-32-26(3)34-29(36)31(5,28-22-18-19-23-28)35(30(34)37)27(4)33-25-21-17-15-13-11-9-7-2/h26-28,32-33H,6-25H2,1-5H3. The maximum Gasteiger partial charge on any atom is 0.330 e. The van der Waals surface area contributed by atoms with Gasteiger partial charge in [0, 0.05) is 0 Å². The second-order valence-corrected chi connectivity index (χ2v) is 12.0. The van der Waals surface area contributed by atoms with Crippen molar-refractivity contribution in [1.29, 1.82) is 0 Å². The Bertz CT molecular complexity index is 651. The summed E-state index contributed by atoms with van der Waals surface area (Å²) in [6, 6.07) is -0.126. The van der Waals surface area contributed by atoms with E-state index in [2.05, 4.69) is 31.4 Å². The molecule has 0 aromatic rings. The summed E-state index contributed by atoms with van der Waals surface area (Å²) in [5.74, 6) is 0.237. The number of carbonyl (C=O) groups is 2. The molecular weight excluding hydrogens is 460 g/mol. The van der Waals surface area contributed by atoms with Gasteiger partial charge in [0.2, 0.25) is 0 Å². The van der Waals surface area contributed by atoms with Gasteiger partial charge in [-0.15, -0.1) is 0 Å². The molecule has 0 bridgehead atoms. The van der Waals surface area contributed by atoms with Crippen molar-refractivity contribution in [3.8, 4) is 0 Å². The van der Waals surface area contributed by atoms with Crippen LogP contribution in [0.2, 0.25) is 0 Å². The molecule has 2 aliphatic rings. The predicted molar refractivity (Wildman–Crippen MR) is 155 cm³/mol. The number of rotatable bonds is 21. The van der Waals surface area contributed by atoms with Crippen LogP contribution in [0.4, 0.5) is 4.79 Å². The summed E-state index contributed by atoms with van der Waals surface area (Å²) < 4.78 is 0. The first-order valence-corrected chi connectivity index (χ1v) is 16.0. The van der Waals surface area contributed by atoms with Gasteiger partial charge in [-0.2, -0.15) is 0 Å². The van der Waals surface area contributed by atoms with Crippen LogP contribution in [-0.4, -0.2) is 52.7 Å². The van der Waals surface area contributed by atoms with Crippen LogP contribution in [0.15, 0.2) is 0 Å². The van der Waals surface area contributed by atoms with Gasteiger partial charge in [-0.25, -0.2) is 9.69 Å². The van der Waals surface area contributed by atoms with Crippen LogP contribution in [0.3, 0.4) is 0 Å². The Labute approximate surface area is 229 Å². The van der Waals surface area contributed by atoms with Crippen molar-refractivity contribution in [3.63, 3.8) is 0 Å². The summed E-state index contributed by atoms with van der Waals surface area (Å²) in [4.78, 5) is 31.1. The quantitative estimate of drug-likeness (QED) is 0.121. The first-order chi connectivity index (χ1) is 17.9. The van der Waals surface area contributed by atoms with Gasteiger partial charge in [-0.1, -0.05) is 104 Å². The molecule has 3 atom stereocenters. The van der Waals surface area contributed by atoms with E-state index in [9.17, 15) is 9.59 Å². The van der Waals surface area contributed by atoms with E-state index in [4.69, 9.17) is 0 Å². The highest BCUT2D eigenvalue weighted by molar-refractivity contribution is 6.07. The number of nitrogens with one attached hydrogen (secondary N) is 2. The molecular formula is C31H60N4O2. The third-order valence-corrected chi connectivity index (χ3v) is 8.93. The number of unbranched alkanes of at least 4 members (excludes halogenated alkanes) is 12. The largest absolute Gasteiger partial charge is 0.330 e. The zero-order valence-electron chi connectivity index (χ0n) is 25.1. The second-order valence-electron chi connectivity index (χ2n) is 12.0. The molecule has 37 heavy (non-hydrogen) atoms. The van der Waals surface area contributed by atoms with Gasteiger partial charge in [0.15, 0.2) is 0 Å². The monoisotopic (exact) mass is 520 g/mol. The van der Waals surface area contributed by atoms with Gasteiger partial charge in [-0.05, 0) is 65.5 Å². The molecule has 6 nitrogen and oxygen atoms in total. The highest BCUT2D eigenvalue weighted by Gasteiger charge is 2.60. The Balaban J connectivity index is 1.91. The molecule has 3 unspecified atom stereocenters. The van der Waals surface area contributed by atoms with E-state index in [-0.39, 0.29) is 30.2 Å². The lowest BCUT2D eigenvalue weighted by Crippen LogP contribution is -2.59. The second kappa shape index (κ2) is 17.4. The molecule has 0 aromatic heterocycles. The minimum atomic E-state index is -0.755. The lowest BCUT2D eigenvalue weighted by molar-refractivity contribution is -0.137. The molecule has 1 aliphatic heterocycles. The first kappa shape index (κ1) is 32.1. The third kappa shape index (κ3) is 9.23. The van der Waals surface area contributed by atoms with E-state index >= 15 is 0 Å². The smallest absolute Gasteiger partial charge is 0.297 e. The Morgan fingerprint density at radius 3 is 1.65 bits per heavy atom. The fraction of sp³-hybridized carbons (Fsp3) is 0.935. The summed E-state index contributed by atoms with van der Waals surface area (Å²) in [5.41, 5.74) is -0.755. The van der Waals surface area contributed by atoms with E-state index in [0.717, 1.165) is 51.6 Å². The molecule has 1 saturated carbocycles. The molecule has 6 heteroatoms. The number of hydrogen-bond acceptors (Lipinski definition) is 4. The molecule has 1 aliphatic carbocycles. The summed E-state index contributed by atoms with van der Waals surface area (Å²) in [6.07, 6.45) is 21.7. The van der Waals surface area contributed by atoms with Crippen molar-refractivity contribution in [2.45, 2.75) is 168 Å². The van der Waals surface area contributed by atoms with Crippen molar-refractivity contribution >= 4 is 11.9 Å². The molecule has 2 N–H and O–H groups in total. The van der Waals surface area contributed by atoms with Crippen molar-refractivity contribution in [2.75, 3.05) is 13.1 Å². The van der Waals surface area contributed by atoms with Crippen LogP contribution >= 0.6 is 0 Å². The molecule has 1 saturated heterocycles. The minimum absolute atomic E-state index is 0.00598. The predicted octanol–water partition coefficient (Wildman–Crippen LogP) is 7.57. The topological polar surface area (TPSA) is 64.7 Å². The van der Waals surface area contributed by atoms with Crippen LogP contribution in [0, 0.1) is 5.92 Å². The summed E-state index contributed by atoms with van der Waals surface area (Å²) >= 11 is 0. The van der Waals surface area contributed by atoms with E-state index in [0.29, 0.717) is 0 Å². The highest BCUT2D eigenvalue weighted by Crippen LogP contribution is 2.43. The van der Waals surface area contributed by atoms with Gasteiger partial charge in [-0.3, -0.25) is 20.3 Å². The molecule has 0 radical (unpaired) electrons. The van der Waals surface area contributed by atoms with Crippen molar-refractivity contribution in [2.24, 2.45) is 5.92 Å². The van der Waals surface area contributed by atoms with Gasteiger partial charge in [0.25, 0.3) is 5.91 Å². The molecule has 0 aromatic carbocycles. The van der Waals surface area contributed by atoms with Crippen molar-refractivity contribution in [1.82, 2.24) is 20.4 Å². The third-order valence-electron chi connectivity index (χ3n) is 8.93. The summed E-state index contributed by atoms with van der Waals surface area (Å²) in [6.45, 7) is 12.3. The zero-order valence-corrected chi connectivity index (χ0v) is 25.1. The van der Waals surface area contributed by atoms with Crippen LogP contribution < -0.4 is 10.6 Å². The van der Waals surface area contributed by atoms with Crippen molar-refractivity contribution < 1.29 is 9.59 Å². The van der Waals surface area contributed by atoms with Crippen LogP contribution in [-0.2, 0) is 4.79 Å². The average Bonchev–Trinajstić information content (AvgIpc) is 3.49. The van der Waals surface area contributed by atoms with Gasteiger partial charge < -0.3 is 0 Å². The number of carbonyl (C=O) groups excluding carboxylic acids is 2. The average molecular weight is 521 g/mol. The van der Waals surface area contributed by atoms with Crippen LogP contribution in [0.5, 0.6) is 0 Å². The fourth-order valence-corrected chi connectivity index (χ4v) is 6.49. The van der Waals surface area contributed by atoms with Crippen LogP contribution in [0.25, 0.3) is 0 Å². The van der Waals surface area contributed by atoms with Crippen LogP contribution in [0.1, 0.15) is 150 Å². The molecule has 216 valence electrons. The number of urea groups is 1. The Kier molecular flexibility index (Phi) is 15.1. The lowest BCUT2D eigenvalue weighted by atomic mass is 9.82. The van der Waals surface area contributed by atoms with E-state index in [1.54, 1.807) is 0 Å². The van der Waals surface area contributed by atoms with Crippen molar-refractivity contribution in [3.05, 3.63) is 0 Å². The Morgan fingerprint density at radius 2 is 1.16 bits per heavy atom.